The zero-order valence-electron chi connectivity index (χ0n) is 12.3. The molecule has 0 radical (unpaired) electrons. The van der Waals surface area contributed by atoms with Crippen LogP contribution in [0, 0.1) is 5.92 Å². The third-order valence-electron chi connectivity index (χ3n) is 4.01. The van der Waals surface area contributed by atoms with Gasteiger partial charge in [-0.3, -0.25) is 0 Å². The average molecular weight is 297 g/mol. The minimum atomic E-state index is -3.43. The predicted molar refractivity (Wildman–Crippen MR) is 80.2 cm³/mol. The summed E-state index contributed by atoms with van der Waals surface area (Å²) < 4.78 is 27.2. The van der Waals surface area contributed by atoms with Gasteiger partial charge < -0.3 is 5.32 Å². The highest BCUT2D eigenvalue weighted by molar-refractivity contribution is 7.89. The van der Waals surface area contributed by atoms with Gasteiger partial charge in [-0.25, -0.2) is 13.4 Å². The van der Waals surface area contributed by atoms with Gasteiger partial charge in [0.1, 0.15) is 5.82 Å². The Bertz CT molecular complexity index is 559. The number of aromatic nitrogens is 1. The van der Waals surface area contributed by atoms with Crippen LogP contribution in [-0.2, 0) is 10.0 Å². The van der Waals surface area contributed by atoms with Crippen molar-refractivity contribution >= 4 is 15.8 Å². The van der Waals surface area contributed by atoms with Crippen molar-refractivity contribution in [2.45, 2.75) is 44.6 Å². The monoisotopic (exact) mass is 297 g/mol. The zero-order chi connectivity index (χ0) is 14.8. The molecule has 0 bridgehead atoms. The maximum Gasteiger partial charge on any atom is 0.243 e. The van der Waals surface area contributed by atoms with E-state index >= 15 is 0 Å². The van der Waals surface area contributed by atoms with Crippen molar-refractivity contribution in [2.75, 3.05) is 18.4 Å². The quantitative estimate of drug-likeness (QED) is 0.926. The number of nitrogens with one attached hydrogen (secondary N) is 1. The van der Waals surface area contributed by atoms with E-state index in [0.29, 0.717) is 29.7 Å². The summed E-state index contributed by atoms with van der Waals surface area (Å²) in [4.78, 5) is 4.45. The molecule has 1 fully saturated rings. The van der Waals surface area contributed by atoms with Gasteiger partial charge in [-0.15, -0.1) is 0 Å². The minimum Gasteiger partial charge on any atom is -0.370 e. The van der Waals surface area contributed by atoms with Crippen LogP contribution in [0.25, 0.3) is 0 Å². The summed E-state index contributed by atoms with van der Waals surface area (Å²) in [5.74, 6) is 1.000. The molecule has 2 rings (SSSR count). The van der Waals surface area contributed by atoms with Crippen LogP contribution < -0.4 is 5.32 Å². The number of rotatable bonds is 4. The lowest BCUT2D eigenvalue weighted by molar-refractivity contribution is 0.202. The highest BCUT2D eigenvalue weighted by atomic mass is 32.2. The van der Waals surface area contributed by atoms with Crippen molar-refractivity contribution < 1.29 is 8.42 Å². The van der Waals surface area contributed by atoms with Gasteiger partial charge in [-0.05, 0) is 38.7 Å². The smallest absolute Gasteiger partial charge is 0.243 e. The molecule has 2 atom stereocenters. The van der Waals surface area contributed by atoms with Crippen molar-refractivity contribution in [2.24, 2.45) is 5.92 Å². The number of hydrogen-bond acceptors (Lipinski definition) is 4. The Morgan fingerprint density at radius 1 is 1.45 bits per heavy atom. The number of pyridine rings is 1. The molecule has 0 amide bonds. The molecule has 6 heteroatoms. The van der Waals surface area contributed by atoms with E-state index in [9.17, 15) is 8.42 Å². The second-order valence-corrected chi connectivity index (χ2v) is 7.27. The number of anilines is 1. The molecule has 2 unspecified atom stereocenters. The van der Waals surface area contributed by atoms with Crippen LogP contribution >= 0.6 is 0 Å². The fraction of sp³-hybridized carbons (Fsp3) is 0.643. The van der Waals surface area contributed by atoms with Gasteiger partial charge in [0, 0.05) is 31.4 Å². The number of nitrogens with zero attached hydrogens (tertiary/aromatic N) is 2. The topological polar surface area (TPSA) is 62.3 Å². The van der Waals surface area contributed by atoms with Crippen LogP contribution in [0.4, 0.5) is 5.82 Å². The molecule has 0 spiro atoms. The van der Waals surface area contributed by atoms with E-state index < -0.39 is 10.0 Å². The molecule has 0 aromatic carbocycles. The molecule has 112 valence electrons. The first-order chi connectivity index (χ1) is 9.46. The highest BCUT2D eigenvalue weighted by Crippen LogP contribution is 2.29. The summed E-state index contributed by atoms with van der Waals surface area (Å²) >= 11 is 0. The summed E-state index contributed by atoms with van der Waals surface area (Å²) in [5, 5.41) is 3.05. The molecular weight excluding hydrogens is 274 g/mol. The fourth-order valence-corrected chi connectivity index (χ4v) is 4.40. The Kier molecular flexibility index (Phi) is 4.65. The third-order valence-corrected chi connectivity index (χ3v) is 5.99. The molecule has 0 saturated carbocycles. The second kappa shape index (κ2) is 6.10. The van der Waals surface area contributed by atoms with E-state index in [1.807, 2.05) is 13.8 Å². The van der Waals surface area contributed by atoms with Gasteiger partial charge >= 0.3 is 0 Å². The van der Waals surface area contributed by atoms with Gasteiger partial charge in [0.2, 0.25) is 10.0 Å². The maximum atomic E-state index is 12.8. The van der Waals surface area contributed by atoms with Crippen molar-refractivity contribution in [3.63, 3.8) is 0 Å². The van der Waals surface area contributed by atoms with Gasteiger partial charge in [0.15, 0.2) is 0 Å². The van der Waals surface area contributed by atoms with E-state index in [4.69, 9.17) is 0 Å². The maximum absolute atomic E-state index is 12.8. The SMILES string of the molecule is CCNc1cc(S(=O)(=O)N2CCCC(C)C2C)ccn1. The molecule has 1 aromatic rings. The van der Waals surface area contributed by atoms with E-state index in [1.165, 1.54) is 0 Å². The Balaban J connectivity index is 2.32. The first kappa shape index (κ1) is 15.3. The summed E-state index contributed by atoms with van der Waals surface area (Å²) in [5.41, 5.74) is 0. The van der Waals surface area contributed by atoms with Crippen LogP contribution in [0.3, 0.4) is 0 Å². The molecule has 1 aliphatic heterocycles. The van der Waals surface area contributed by atoms with Gasteiger partial charge in [0.25, 0.3) is 0 Å². The van der Waals surface area contributed by atoms with Crippen LogP contribution in [0.15, 0.2) is 23.2 Å². The molecule has 1 aromatic heterocycles. The normalized spacial score (nSPS) is 24.6. The summed E-state index contributed by atoms with van der Waals surface area (Å²) in [6.45, 7) is 7.38. The highest BCUT2D eigenvalue weighted by Gasteiger charge is 2.34. The number of piperidine rings is 1. The molecule has 1 saturated heterocycles. The van der Waals surface area contributed by atoms with Crippen LogP contribution in [-0.4, -0.2) is 36.8 Å². The summed E-state index contributed by atoms with van der Waals surface area (Å²) in [6.07, 6.45) is 3.56. The Hall–Kier alpha value is -1.14. The minimum absolute atomic E-state index is 0.0458. The van der Waals surface area contributed by atoms with Gasteiger partial charge in [0.05, 0.1) is 4.90 Å². The molecule has 2 heterocycles. The van der Waals surface area contributed by atoms with Crippen LogP contribution in [0.5, 0.6) is 0 Å². The lowest BCUT2D eigenvalue weighted by Crippen LogP contribution is -2.45. The van der Waals surface area contributed by atoms with Crippen molar-refractivity contribution in [1.29, 1.82) is 0 Å². The average Bonchev–Trinajstić information content (AvgIpc) is 2.42. The lowest BCUT2D eigenvalue weighted by Gasteiger charge is -2.36. The second-order valence-electron chi connectivity index (χ2n) is 5.38. The van der Waals surface area contributed by atoms with Crippen LogP contribution in [0.1, 0.15) is 33.6 Å². The number of hydrogen-bond donors (Lipinski definition) is 1. The molecular formula is C14H23N3O2S. The molecule has 0 aliphatic carbocycles. The molecule has 1 N–H and O–H groups in total. The Morgan fingerprint density at radius 3 is 2.90 bits per heavy atom. The van der Waals surface area contributed by atoms with E-state index in [-0.39, 0.29) is 6.04 Å². The molecule has 20 heavy (non-hydrogen) atoms. The Morgan fingerprint density at radius 2 is 2.20 bits per heavy atom. The number of sulfonamides is 1. The van der Waals surface area contributed by atoms with Crippen LogP contribution in [0.2, 0.25) is 0 Å². The Labute approximate surface area is 121 Å². The first-order valence-corrected chi connectivity index (χ1v) is 8.62. The third kappa shape index (κ3) is 2.96. The predicted octanol–water partition coefficient (Wildman–Crippen LogP) is 2.32. The van der Waals surface area contributed by atoms with Gasteiger partial charge in [-0.2, -0.15) is 4.31 Å². The summed E-state index contributed by atoms with van der Waals surface area (Å²) in [7, 11) is -3.43. The van der Waals surface area contributed by atoms with E-state index in [0.717, 1.165) is 12.8 Å². The largest absolute Gasteiger partial charge is 0.370 e. The lowest BCUT2D eigenvalue weighted by atomic mass is 9.94. The molecule has 1 aliphatic rings. The first-order valence-electron chi connectivity index (χ1n) is 7.18. The van der Waals surface area contributed by atoms with Gasteiger partial charge in [-0.1, -0.05) is 6.92 Å². The summed E-state index contributed by atoms with van der Waals surface area (Å²) in [6, 6.07) is 3.23. The fourth-order valence-electron chi connectivity index (χ4n) is 2.62. The zero-order valence-corrected chi connectivity index (χ0v) is 13.2. The molecule has 5 nitrogen and oxygen atoms in total. The van der Waals surface area contributed by atoms with Crippen molar-refractivity contribution in [3.05, 3.63) is 18.3 Å². The van der Waals surface area contributed by atoms with Crippen molar-refractivity contribution in [3.8, 4) is 0 Å². The standard InChI is InChI=1S/C14H23N3O2S/c1-4-15-14-10-13(7-8-16-14)20(18,19)17-9-5-6-11(2)12(17)3/h7-8,10-12H,4-6,9H2,1-3H3,(H,15,16). The van der Waals surface area contributed by atoms with E-state index in [2.05, 4.69) is 17.2 Å². The van der Waals surface area contributed by atoms with Crippen molar-refractivity contribution in [1.82, 2.24) is 9.29 Å². The van der Waals surface area contributed by atoms with E-state index in [1.54, 1.807) is 22.6 Å².